The van der Waals surface area contributed by atoms with E-state index < -0.39 is 11.6 Å². The van der Waals surface area contributed by atoms with Crippen LogP contribution in [0, 0.1) is 20.8 Å². The maximum absolute atomic E-state index is 11.8. The highest BCUT2D eigenvalue weighted by atomic mass is 32.1. The van der Waals surface area contributed by atoms with Crippen molar-refractivity contribution in [1.29, 1.82) is 0 Å². The fourth-order valence-corrected chi connectivity index (χ4v) is 4.56. The highest BCUT2D eigenvalue weighted by Crippen LogP contribution is 2.41. The van der Waals surface area contributed by atoms with Gasteiger partial charge in [-0.2, -0.15) is 0 Å². The van der Waals surface area contributed by atoms with Crippen LogP contribution in [0.1, 0.15) is 41.7 Å². The number of nitrogens with zero attached hydrogens (tertiary/aromatic N) is 1. The van der Waals surface area contributed by atoms with Gasteiger partial charge >= 0.3 is 5.97 Å². The number of hydrogen-bond acceptors (Lipinski definition) is 7. The highest BCUT2D eigenvalue weighted by Gasteiger charge is 2.33. The molecule has 4 rings (SSSR count). The first-order valence-electron chi connectivity index (χ1n) is 12.3. The maximum atomic E-state index is 11.8. The average Bonchev–Trinajstić information content (AvgIpc) is 2.89. The number of esters is 1. The van der Waals surface area contributed by atoms with E-state index in [1.165, 1.54) is 5.56 Å². The second-order valence-corrected chi connectivity index (χ2v) is 9.65. The molecule has 2 aromatic carbocycles. The number of ether oxygens (including phenoxy) is 3. The fourth-order valence-electron chi connectivity index (χ4n) is 4.40. The number of nitrogens with one attached hydrogen (secondary N) is 3. The number of aromatic nitrogens is 1. The Kier molecular flexibility index (Phi) is 8.16. The van der Waals surface area contributed by atoms with E-state index >= 15 is 0 Å². The van der Waals surface area contributed by atoms with Crippen LogP contribution in [0.3, 0.4) is 0 Å². The number of rotatable bonds is 8. The van der Waals surface area contributed by atoms with Crippen molar-refractivity contribution in [3.63, 3.8) is 0 Å². The molecule has 1 aliphatic heterocycles. The lowest BCUT2D eigenvalue weighted by Crippen LogP contribution is -2.41. The van der Waals surface area contributed by atoms with Crippen molar-refractivity contribution in [1.82, 2.24) is 15.8 Å². The summed E-state index contributed by atoms with van der Waals surface area (Å²) in [6, 6.07) is 13.4. The van der Waals surface area contributed by atoms with Crippen LogP contribution in [0.15, 0.2) is 60.9 Å². The van der Waals surface area contributed by atoms with E-state index in [1.54, 1.807) is 25.4 Å². The summed E-state index contributed by atoms with van der Waals surface area (Å²) in [7, 11) is 0. The minimum atomic E-state index is -0.794. The van der Waals surface area contributed by atoms with Gasteiger partial charge in [0.1, 0.15) is 11.5 Å². The molecule has 0 saturated carbocycles. The molecule has 198 valence electrons. The normalized spacial score (nSPS) is 15.9. The molecule has 9 heteroatoms. The zero-order valence-corrected chi connectivity index (χ0v) is 23.0. The summed E-state index contributed by atoms with van der Waals surface area (Å²) >= 11 is 5.60. The second kappa shape index (κ2) is 11.5. The number of carbonyl (C=O) groups excluding carboxylic acids is 1. The number of aryl methyl sites for hydroxylation is 3. The Hall–Kier alpha value is -4.11. The number of hydrogen-bond donors (Lipinski definition) is 3. The molecule has 1 unspecified atom stereocenters. The molecule has 38 heavy (non-hydrogen) atoms. The molecule has 0 fully saturated rings. The number of carbonyl (C=O) groups is 1. The molecular formula is C29H32N4O4S. The molecule has 0 spiro atoms. The second-order valence-electron chi connectivity index (χ2n) is 9.24. The fraction of sp³-hybridized carbons (Fsp3) is 0.276. The molecule has 1 atom stereocenters. The first kappa shape index (κ1) is 26.9. The van der Waals surface area contributed by atoms with E-state index in [9.17, 15) is 4.79 Å². The topological polar surface area (TPSA) is 93.7 Å². The lowest BCUT2D eigenvalue weighted by atomic mass is 9.91. The van der Waals surface area contributed by atoms with Crippen LogP contribution in [0.5, 0.6) is 11.5 Å². The van der Waals surface area contributed by atoms with Crippen LogP contribution in [-0.4, -0.2) is 29.3 Å². The minimum absolute atomic E-state index is 0.186. The molecule has 0 saturated heterocycles. The van der Waals surface area contributed by atoms with Gasteiger partial charge in [-0.25, -0.2) is 4.79 Å². The third kappa shape index (κ3) is 6.23. The monoisotopic (exact) mass is 532 g/mol. The summed E-state index contributed by atoms with van der Waals surface area (Å²) in [5.41, 5.74) is 12.3. The SMILES string of the molecule is CCOC(=O)COc1ccc2c(c1)C(NNC(=S)Nc1c(C)cc(C)cc1C)=CC(C)(c1cccnc1)O2. The summed E-state index contributed by atoms with van der Waals surface area (Å²) in [5.74, 6) is 0.708. The highest BCUT2D eigenvalue weighted by molar-refractivity contribution is 7.80. The van der Waals surface area contributed by atoms with Gasteiger partial charge in [-0.3, -0.25) is 15.8 Å². The number of anilines is 1. The summed E-state index contributed by atoms with van der Waals surface area (Å²) in [6.45, 7) is 10.00. The molecule has 1 aromatic heterocycles. The molecule has 2 heterocycles. The van der Waals surface area contributed by atoms with Crippen molar-refractivity contribution in [2.75, 3.05) is 18.5 Å². The van der Waals surface area contributed by atoms with Crippen LogP contribution < -0.4 is 25.6 Å². The van der Waals surface area contributed by atoms with Crippen molar-refractivity contribution in [3.8, 4) is 11.5 Å². The Labute approximate surface area is 228 Å². The first-order chi connectivity index (χ1) is 18.2. The summed E-state index contributed by atoms with van der Waals surface area (Å²) in [5, 5.41) is 3.70. The third-order valence-corrected chi connectivity index (χ3v) is 6.31. The molecular weight excluding hydrogens is 500 g/mol. The van der Waals surface area contributed by atoms with Gasteiger partial charge < -0.3 is 19.5 Å². The molecule has 1 aliphatic rings. The van der Waals surface area contributed by atoms with Crippen molar-refractivity contribution < 1.29 is 19.0 Å². The van der Waals surface area contributed by atoms with E-state index in [0.29, 0.717) is 23.2 Å². The van der Waals surface area contributed by atoms with Crippen molar-refractivity contribution >= 4 is 34.7 Å². The molecule has 3 N–H and O–H groups in total. The van der Waals surface area contributed by atoms with Gasteiger partial charge in [0.15, 0.2) is 17.3 Å². The number of thiocarbonyl (C=S) groups is 1. The van der Waals surface area contributed by atoms with E-state index in [0.717, 1.165) is 33.6 Å². The number of hydrazine groups is 1. The Bertz CT molecular complexity index is 1350. The molecule has 0 aliphatic carbocycles. The zero-order valence-electron chi connectivity index (χ0n) is 22.2. The van der Waals surface area contributed by atoms with Crippen molar-refractivity contribution in [3.05, 3.63) is 88.8 Å². The van der Waals surface area contributed by atoms with Gasteiger partial charge in [-0.15, -0.1) is 0 Å². The van der Waals surface area contributed by atoms with E-state index in [-0.39, 0.29) is 6.61 Å². The smallest absolute Gasteiger partial charge is 0.344 e. The van der Waals surface area contributed by atoms with Crippen LogP contribution in [0.2, 0.25) is 0 Å². The van der Waals surface area contributed by atoms with Crippen LogP contribution >= 0.6 is 12.2 Å². The Morgan fingerprint density at radius 3 is 2.58 bits per heavy atom. The van der Waals surface area contributed by atoms with Gasteiger partial charge in [0.2, 0.25) is 0 Å². The summed E-state index contributed by atoms with van der Waals surface area (Å²) in [4.78, 5) is 16.0. The largest absolute Gasteiger partial charge is 0.482 e. The summed E-state index contributed by atoms with van der Waals surface area (Å²) in [6.07, 6.45) is 5.46. The number of pyridine rings is 1. The molecule has 3 aromatic rings. The van der Waals surface area contributed by atoms with E-state index in [1.807, 2.05) is 51.1 Å². The number of benzene rings is 2. The van der Waals surface area contributed by atoms with Crippen LogP contribution in [-0.2, 0) is 15.1 Å². The minimum Gasteiger partial charge on any atom is -0.482 e. The van der Waals surface area contributed by atoms with Crippen molar-refractivity contribution in [2.24, 2.45) is 0 Å². The Morgan fingerprint density at radius 2 is 1.89 bits per heavy atom. The molecule has 8 nitrogen and oxygen atoms in total. The van der Waals surface area contributed by atoms with E-state index in [4.69, 9.17) is 26.4 Å². The quantitative estimate of drug-likeness (QED) is 0.208. The summed E-state index contributed by atoms with van der Waals surface area (Å²) < 4.78 is 17.0. The lowest BCUT2D eigenvalue weighted by molar-refractivity contribution is -0.145. The third-order valence-electron chi connectivity index (χ3n) is 6.11. The predicted octanol–water partition coefficient (Wildman–Crippen LogP) is 5.09. The first-order valence-corrected chi connectivity index (χ1v) is 12.8. The van der Waals surface area contributed by atoms with Crippen LogP contribution in [0.25, 0.3) is 5.70 Å². The Morgan fingerprint density at radius 1 is 1.13 bits per heavy atom. The standard InChI is InChI=1S/C29H32N4O4S/c1-6-35-26(34)17-36-22-9-10-25-23(14-22)24(15-29(5,37-25)21-8-7-11-30-16-21)32-33-28(38)31-27-19(3)12-18(2)13-20(27)4/h7-16,32H,6,17H2,1-5H3,(H2,31,33,38). The Balaban J connectivity index is 1.59. The predicted molar refractivity (Wildman–Crippen MR) is 152 cm³/mol. The molecule has 0 bridgehead atoms. The van der Waals surface area contributed by atoms with Crippen molar-refractivity contribution in [2.45, 2.75) is 40.2 Å². The van der Waals surface area contributed by atoms with Gasteiger partial charge in [-0.1, -0.05) is 23.8 Å². The molecule has 0 radical (unpaired) electrons. The van der Waals surface area contributed by atoms with Gasteiger partial charge in [0.25, 0.3) is 0 Å². The van der Waals surface area contributed by atoms with Gasteiger partial charge in [0, 0.05) is 29.2 Å². The van der Waals surface area contributed by atoms with Crippen LogP contribution in [0.4, 0.5) is 5.69 Å². The average molecular weight is 533 g/mol. The van der Waals surface area contributed by atoms with E-state index in [2.05, 4.69) is 40.2 Å². The number of fused-ring (bicyclic) bond motifs is 1. The van der Waals surface area contributed by atoms with Gasteiger partial charge in [0.05, 0.1) is 12.3 Å². The zero-order chi connectivity index (χ0) is 27.3. The van der Waals surface area contributed by atoms with Gasteiger partial charge in [-0.05, 0) is 88.3 Å². The maximum Gasteiger partial charge on any atom is 0.344 e. The lowest BCUT2D eigenvalue weighted by Gasteiger charge is -2.34. The molecule has 0 amide bonds.